The maximum absolute atomic E-state index is 12.9. The Hall–Kier alpha value is -2.86. The number of ether oxygens (including phenoxy) is 2. The Balaban J connectivity index is 2.15. The lowest BCUT2D eigenvalue weighted by Gasteiger charge is -2.34. The average Bonchev–Trinajstić information content (AvgIpc) is 2.90. The fourth-order valence-corrected chi connectivity index (χ4v) is 4.95. The number of carbonyl (C=O) groups is 2. The van der Waals surface area contributed by atoms with E-state index in [0.29, 0.717) is 18.5 Å². The Labute approximate surface area is 235 Å². The summed E-state index contributed by atoms with van der Waals surface area (Å²) in [5.74, 6) is 0.525. The van der Waals surface area contributed by atoms with E-state index in [9.17, 15) is 14.7 Å². The molecule has 1 amide bonds. The number of carbonyl (C=O) groups excluding carboxylic acids is 2. The summed E-state index contributed by atoms with van der Waals surface area (Å²) in [6, 6.07) is 12.5. The van der Waals surface area contributed by atoms with E-state index in [-0.39, 0.29) is 29.3 Å². The van der Waals surface area contributed by atoms with Gasteiger partial charge in [-0.15, -0.1) is 0 Å². The molecular weight excluding hydrogens is 490 g/mol. The van der Waals surface area contributed by atoms with Crippen molar-refractivity contribution in [1.29, 1.82) is 0 Å². The summed E-state index contributed by atoms with van der Waals surface area (Å²) >= 11 is 0. The van der Waals surface area contributed by atoms with Crippen molar-refractivity contribution < 1.29 is 24.2 Å². The van der Waals surface area contributed by atoms with Crippen LogP contribution in [0, 0.1) is 19.3 Å². The SMILES string of the molecule is CCC(CC)(c1ccc(OCC(O)C(C)(C)C)c(C)c1)c1ccc(C(=O)NCCCCCC(=O)OC)c(C)c1. The first-order chi connectivity index (χ1) is 18.4. The van der Waals surface area contributed by atoms with E-state index >= 15 is 0 Å². The van der Waals surface area contributed by atoms with Crippen molar-refractivity contribution in [3.05, 3.63) is 64.2 Å². The fourth-order valence-electron chi connectivity index (χ4n) is 4.95. The van der Waals surface area contributed by atoms with Gasteiger partial charge in [-0.25, -0.2) is 0 Å². The van der Waals surface area contributed by atoms with Crippen LogP contribution in [-0.4, -0.2) is 43.3 Å². The highest BCUT2D eigenvalue weighted by Crippen LogP contribution is 2.41. The predicted molar refractivity (Wildman–Crippen MR) is 157 cm³/mol. The van der Waals surface area contributed by atoms with Crippen LogP contribution in [0.3, 0.4) is 0 Å². The Morgan fingerprint density at radius 3 is 2.08 bits per heavy atom. The van der Waals surface area contributed by atoms with E-state index in [1.54, 1.807) is 0 Å². The summed E-state index contributed by atoms with van der Waals surface area (Å²) in [6.45, 7) is 15.3. The van der Waals surface area contributed by atoms with Crippen molar-refractivity contribution in [3.8, 4) is 5.75 Å². The molecule has 2 N–H and O–H groups in total. The molecule has 0 radical (unpaired) electrons. The molecule has 0 fully saturated rings. The maximum Gasteiger partial charge on any atom is 0.305 e. The number of rotatable bonds is 14. The van der Waals surface area contributed by atoms with Crippen molar-refractivity contribution in [3.63, 3.8) is 0 Å². The zero-order chi connectivity index (χ0) is 29.2. The zero-order valence-electron chi connectivity index (χ0n) is 25.3. The van der Waals surface area contributed by atoms with Gasteiger partial charge in [0.25, 0.3) is 5.91 Å². The number of aryl methyl sites for hydroxylation is 2. The van der Waals surface area contributed by atoms with Crippen LogP contribution in [0.5, 0.6) is 5.75 Å². The molecule has 6 heteroatoms. The minimum atomic E-state index is -0.549. The lowest BCUT2D eigenvalue weighted by atomic mass is 9.70. The summed E-state index contributed by atoms with van der Waals surface area (Å²) in [7, 11) is 1.40. The monoisotopic (exact) mass is 539 g/mol. The van der Waals surface area contributed by atoms with Crippen LogP contribution in [0.2, 0.25) is 0 Å². The largest absolute Gasteiger partial charge is 0.491 e. The maximum atomic E-state index is 12.9. The summed E-state index contributed by atoms with van der Waals surface area (Å²) in [4.78, 5) is 24.1. The number of aliphatic hydroxyl groups is 1. The fraction of sp³-hybridized carbons (Fsp3) is 0.576. The number of unbranched alkanes of at least 4 members (excludes halogenated alkanes) is 2. The van der Waals surface area contributed by atoms with Gasteiger partial charge in [0, 0.05) is 23.9 Å². The molecule has 0 bridgehead atoms. The highest BCUT2D eigenvalue weighted by molar-refractivity contribution is 5.95. The van der Waals surface area contributed by atoms with Crippen molar-refractivity contribution in [2.75, 3.05) is 20.3 Å². The standard InChI is InChI=1S/C33H49NO5/c1-9-33(10-2,26-16-18-28(24(4)21-26)39-22-29(35)32(5,6)7)25-15-17-27(23(3)20-25)31(37)34-19-13-11-12-14-30(36)38-8/h15-18,20-21,29,35H,9-14,19,22H2,1-8H3,(H,34,37). The number of hydrogen-bond acceptors (Lipinski definition) is 5. The van der Waals surface area contributed by atoms with Crippen molar-refractivity contribution in [2.45, 2.75) is 98.5 Å². The molecule has 0 heterocycles. The van der Waals surface area contributed by atoms with Crippen LogP contribution >= 0.6 is 0 Å². The number of aliphatic hydroxyl groups excluding tert-OH is 1. The second kappa shape index (κ2) is 14.5. The zero-order valence-corrected chi connectivity index (χ0v) is 25.3. The van der Waals surface area contributed by atoms with E-state index in [0.717, 1.165) is 49.0 Å². The van der Waals surface area contributed by atoms with Crippen LogP contribution in [0.25, 0.3) is 0 Å². The summed E-state index contributed by atoms with van der Waals surface area (Å²) < 4.78 is 10.6. The van der Waals surface area contributed by atoms with Gasteiger partial charge < -0.3 is 19.9 Å². The van der Waals surface area contributed by atoms with E-state index < -0.39 is 6.10 Å². The first-order valence-corrected chi connectivity index (χ1v) is 14.3. The molecule has 0 aliphatic rings. The van der Waals surface area contributed by atoms with E-state index in [4.69, 9.17) is 4.74 Å². The Kier molecular flexibility index (Phi) is 12.0. The van der Waals surface area contributed by atoms with Gasteiger partial charge in [0.1, 0.15) is 12.4 Å². The Morgan fingerprint density at radius 1 is 0.923 bits per heavy atom. The van der Waals surface area contributed by atoms with Crippen LogP contribution in [0.4, 0.5) is 0 Å². The molecule has 2 aromatic rings. The number of methoxy groups -OCH3 is 1. The van der Waals surface area contributed by atoms with Crippen LogP contribution in [-0.2, 0) is 14.9 Å². The molecule has 216 valence electrons. The van der Waals surface area contributed by atoms with Crippen molar-refractivity contribution in [1.82, 2.24) is 5.32 Å². The molecule has 0 spiro atoms. The molecule has 0 saturated carbocycles. The molecule has 0 saturated heterocycles. The molecule has 1 unspecified atom stereocenters. The summed E-state index contributed by atoms with van der Waals surface area (Å²) in [5.41, 5.74) is 4.67. The Bertz CT molecular complexity index is 1100. The third-order valence-corrected chi connectivity index (χ3v) is 7.93. The van der Waals surface area contributed by atoms with Gasteiger partial charge in [-0.1, -0.05) is 65.3 Å². The number of amides is 1. The minimum absolute atomic E-state index is 0.0691. The lowest BCUT2D eigenvalue weighted by Crippen LogP contribution is -2.32. The van der Waals surface area contributed by atoms with Crippen LogP contribution in [0.1, 0.15) is 106 Å². The third kappa shape index (κ3) is 8.56. The van der Waals surface area contributed by atoms with E-state index in [1.165, 1.54) is 18.2 Å². The molecular formula is C33H49NO5. The predicted octanol–water partition coefficient (Wildman–Crippen LogP) is 6.66. The molecule has 1 atom stereocenters. The van der Waals surface area contributed by atoms with E-state index in [1.807, 2.05) is 46.8 Å². The van der Waals surface area contributed by atoms with Gasteiger partial charge in [0.2, 0.25) is 0 Å². The van der Waals surface area contributed by atoms with Gasteiger partial charge in [0.15, 0.2) is 0 Å². The smallest absolute Gasteiger partial charge is 0.305 e. The molecule has 0 aromatic heterocycles. The van der Waals surface area contributed by atoms with Gasteiger partial charge >= 0.3 is 5.97 Å². The number of hydrogen-bond donors (Lipinski definition) is 2. The average molecular weight is 540 g/mol. The first kappa shape index (κ1) is 32.4. The van der Waals surface area contributed by atoms with Gasteiger partial charge in [0.05, 0.1) is 13.2 Å². The normalized spacial score (nSPS) is 12.6. The van der Waals surface area contributed by atoms with Crippen molar-refractivity contribution in [2.24, 2.45) is 5.41 Å². The third-order valence-electron chi connectivity index (χ3n) is 7.93. The minimum Gasteiger partial charge on any atom is -0.491 e. The van der Waals surface area contributed by atoms with Gasteiger partial charge in [-0.05, 0) is 79.3 Å². The van der Waals surface area contributed by atoms with Gasteiger partial charge in [-0.2, -0.15) is 0 Å². The van der Waals surface area contributed by atoms with Crippen LogP contribution in [0.15, 0.2) is 36.4 Å². The molecule has 6 nitrogen and oxygen atoms in total. The van der Waals surface area contributed by atoms with Crippen LogP contribution < -0.4 is 10.1 Å². The second-order valence-corrected chi connectivity index (χ2v) is 11.6. The van der Waals surface area contributed by atoms with Gasteiger partial charge in [-0.3, -0.25) is 9.59 Å². The molecule has 2 aromatic carbocycles. The highest BCUT2D eigenvalue weighted by atomic mass is 16.5. The number of benzene rings is 2. The molecule has 0 aliphatic heterocycles. The number of nitrogens with one attached hydrogen (secondary N) is 1. The number of esters is 1. The first-order valence-electron chi connectivity index (χ1n) is 14.3. The van der Waals surface area contributed by atoms with Crippen molar-refractivity contribution >= 4 is 11.9 Å². The van der Waals surface area contributed by atoms with E-state index in [2.05, 4.69) is 48.2 Å². The highest BCUT2D eigenvalue weighted by Gasteiger charge is 2.32. The topological polar surface area (TPSA) is 84.9 Å². The Morgan fingerprint density at radius 2 is 1.54 bits per heavy atom. The molecule has 39 heavy (non-hydrogen) atoms. The summed E-state index contributed by atoms with van der Waals surface area (Å²) in [6.07, 6.45) is 4.15. The lowest BCUT2D eigenvalue weighted by molar-refractivity contribution is -0.140. The quantitative estimate of drug-likeness (QED) is 0.207. The molecule has 0 aliphatic carbocycles. The second-order valence-electron chi connectivity index (χ2n) is 11.6. The summed E-state index contributed by atoms with van der Waals surface area (Å²) in [5, 5.41) is 13.4. The molecule has 2 rings (SSSR count).